The zero-order valence-electron chi connectivity index (χ0n) is 17.6. The number of carbonyl (C=O) groups excluding carboxylic acids is 3. The fourth-order valence-corrected chi connectivity index (χ4v) is 3.57. The molecule has 1 N–H and O–H groups in total. The van der Waals surface area contributed by atoms with Crippen molar-refractivity contribution in [3.05, 3.63) is 87.5 Å². The number of nitrogens with zero attached hydrogens (tertiary/aromatic N) is 1. The van der Waals surface area contributed by atoms with E-state index >= 15 is 0 Å². The van der Waals surface area contributed by atoms with Crippen LogP contribution >= 0.6 is 0 Å². The van der Waals surface area contributed by atoms with E-state index in [-0.39, 0.29) is 30.0 Å². The van der Waals surface area contributed by atoms with Crippen molar-refractivity contribution in [2.24, 2.45) is 0 Å². The maximum absolute atomic E-state index is 13.4. The molecule has 0 bridgehead atoms. The SMILES string of the molecule is CCOC(=O)C1(C(=O)OCC)C=C(C(=O)c2ccccc2)[C@@H](c2ccccc2[N+](=O)[O-])N1. The van der Waals surface area contributed by atoms with E-state index in [1.807, 2.05) is 0 Å². The number of benzene rings is 2. The van der Waals surface area contributed by atoms with Gasteiger partial charge in [0.15, 0.2) is 5.78 Å². The molecule has 0 aliphatic carbocycles. The lowest BCUT2D eigenvalue weighted by atomic mass is 9.92. The van der Waals surface area contributed by atoms with Gasteiger partial charge in [0.1, 0.15) is 0 Å². The minimum Gasteiger partial charge on any atom is -0.464 e. The van der Waals surface area contributed by atoms with Crippen molar-refractivity contribution in [3.8, 4) is 0 Å². The van der Waals surface area contributed by atoms with Gasteiger partial charge in [0, 0.05) is 17.2 Å². The Balaban J connectivity index is 2.21. The van der Waals surface area contributed by atoms with Gasteiger partial charge in [0.25, 0.3) is 5.69 Å². The van der Waals surface area contributed by atoms with Crippen LogP contribution in [0.4, 0.5) is 5.69 Å². The largest absolute Gasteiger partial charge is 0.464 e. The molecular formula is C23H22N2O7. The number of ether oxygens (including phenoxy) is 2. The first-order valence-electron chi connectivity index (χ1n) is 10.0. The molecule has 1 heterocycles. The van der Waals surface area contributed by atoms with Gasteiger partial charge in [-0.3, -0.25) is 20.2 Å². The Morgan fingerprint density at radius 1 is 0.969 bits per heavy atom. The molecule has 2 aromatic carbocycles. The van der Waals surface area contributed by atoms with Crippen molar-refractivity contribution in [3.63, 3.8) is 0 Å². The number of nitro groups is 1. The maximum atomic E-state index is 13.4. The average molecular weight is 438 g/mol. The van der Waals surface area contributed by atoms with Crippen LogP contribution in [-0.4, -0.2) is 41.4 Å². The fourth-order valence-electron chi connectivity index (χ4n) is 3.57. The van der Waals surface area contributed by atoms with Gasteiger partial charge in [0.05, 0.1) is 29.7 Å². The van der Waals surface area contributed by atoms with Crippen LogP contribution < -0.4 is 5.32 Å². The van der Waals surface area contributed by atoms with Crippen molar-refractivity contribution in [2.45, 2.75) is 25.4 Å². The van der Waals surface area contributed by atoms with E-state index in [0.717, 1.165) is 0 Å². The Hall–Kier alpha value is -3.85. The first-order chi connectivity index (χ1) is 15.4. The summed E-state index contributed by atoms with van der Waals surface area (Å²) in [5.41, 5.74) is -1.96. The zero-order valence-corrected chi connectivity index (χ0v) is 17.6. The smallest absolute Gasteiger partial charge is 0.342 e. The van der Waals surface area contributed by atoms with Gasteiger partial charge in [-0.05, 0) is 19.9 Å². The van der Waals surface area contributed by atoms with E-state index in [4.69, 9.17) is 9.47 Å². The third-order valence-electron chi connectivity index (χ3n) is 4.99. The number of ketones is 1. The fraction of sp³-hybridized carbons (Fsp3) is 0.261. The van der Waals surface area contributed by atoms with Crippen LogP contribution in [0.5, 0.6) is 0 Å². The van der Waals surface area contributed by atoms with Gasteiger partial charge >= 0.3 is 11.9 Å². The second-order valence-electron chi connectivity index (χ2n) is 6.94. The number of esters is 2. The molecule has 1 aliphatic heterocycles. The van der Waals surface area contributed by atoms with Crippen LogP contribution in [0.1, 0.15) is 35.8 Å². The summed E-state index contributed by atoms with van der Waals surface area (Å²) in [6.45, 7) is 3.11. The summed E-state index contributed by atoms with van der Waals surface area (Å²) in [4.78, 5) is 50.3. The normalized spacial score (nSPS) is 16.7. The monoisotopic (exact) mass is 438 g/mol. The van der Waals surface area contributed by atoms with E-state index in [1.54, 1.807) is 50.2 Å². The van der Waals surface area contributed by atoms with E-state index in [9.17, 15) is 24.5 Å². The molecule has 166 valence electrons. The van der Waals surface area contributed by atoms with Gasteiger partial charge in [-0.1, -0.05) is 48.5 Å². The third-order valence-corrected chi connectivity index (χ3v) is 4.99. The Kier molecular flexibility index (Phi) is 6.79. The predicted molar refractivity (Wildman–Crippen MR) is 114 cm³/mol. The highest BCUT2D eigenvalue weighted by Crippen LogP contribution is 2.39. The van der Waals surface area contributed by atoms with Gasteiger partial charge in [-0.2, -0.15) is 0 Å². The lowest BCUT2D eigenvalue weighted by Gasteiger charge is -2.25. The van der Waals surface area contributed by atoms with Crippen LogP contribution in [0.25, 0.3) is 0 Å². The molecule has 0 amide bonds. The van der Waals surface area contributed by atoms with Gasteiger partial charge in [-0.25, -0.2) is 9.59 Å². The van der Waals surface area contributed by atoms with Gasteiger partial charge < -0.3 is 9.47 Å². The third kappa shape index (κ3) is 4.15. The van der Waals surface area contributed by atoms with Crippen molar-refractivity contribution in [2.75, 3.05) is 13.2 Å². The molecule has 1 atom stereocenters. The minimum atomic E-state index is -2.12. The molecule has 9 nitrogen and oxygen atoms in total. The highest BCUT2D eigenvalue weighted by molar-refractivity contribution is 6.15. The van der Waals surface area contributed by atoms with Crippen LogP contribution in [0.3, 0.4) is 0 Å². The Morgan fingerprint density at radius 2 is 1.53 bits per heavy atom. The van der Waals surface area contributed by atoms with E-state index in [0.29, 0.717) is 5.56 Å². The summed E-state index contributed by atoms with van der Waals surface area (Å²) in [6.07, 6.45) is 1.17. The summed E-state index contributed by atoms with van der Waals surface area (Å²) in [7, 11) is 0. The Morgan fingerprint density at radius 3 is 2.09 bits per heavy atom. The maximum Gasteiger partial charge on any atom is 0.342 e. The summed E-state index contributed by atoms with van der Waals surface area (Å²) < 4.78 is 10.2. The molecule has 0 aromatic heterocycles. The minimum absolute atomic E-state index is 0.00612. The molecule has 3 rings (SSSR count). The molecule has 1 aliphatic rings. The molecule has 9 heteroatoms. The van der Waals surface area contributed by atoms with E-state index < -0.39 is 34.2 Å². The number of nitro benzene ring substituents is 1. The number of carbonyl (C=O) groups is 3. The zero-order chi connectivity index (χ0) is 23.3. The number of hydrogen-bond acceptors (Lipinski definition) is 8. The first-order valence-corrected chi connectivity index (χ1v) is 10.0. The van der Waals surface area contributed by atoms with Crippen LogP contribution in [0.15, 0.2) is 66.2 Å². The molecule has 2 aromatic rings. The van der Waals surface area contributed by atoms with Gasteiger partial charge in [0.2, 0.25) is 5.54 Å². The number of Topliss-reactive ketones (excluding diaryl/α,β-unsaturated/α-hetero) is 1. The topological polar surface area (TPSA) is 125 Å². The summed E-state index contributed by atoms with van der Waals surface area (Å²) >= 11 is 0. The van der Waals surface area contributed by atoms with Crippen LogP contribution in [0, 0.1) is 10.1 Å². The van der Waals surface area contributed by atoms with Gasteiger partial charge in [-0.15, -0.1) is 0 Å². The molecule has 0 saturated carbocycles. The van der Waals surface area contributed by atoms with Crippen molar-refractivity contribution in [1.29, 1.82) is 0 Å². The van der Waals surface area contributed by atoms with E-state index in [1.165, 1.54) is 24.3 Å². The lowest BCUT2D eigenvalue weighted by molar-refractivity contribution is -0.385. The predicted octanol–water partition coefficient (Wildman–Crippen LogP) is 2.91. The highest BCUT2D eigenvalue weighted by atomic mass is 16.6. The quantitative estimate of drug-likeness (QED) is 0.219. The highest BCUT2D eigenvalue weighted by Gasteiger charge is 2.55. The Labute approximate surface area is 184 Å². The lowest BCUT2D eigenvalue weighted by Crippen LogP contribution is -2.56. The van der Waals surface area contributed by atoms with E-state index in [2.05, 4.69) is 5.32 Å². The molecule has 0 fully saturated rings. The summed E-state index contributed by atoms with van der Waals surface area (Å²) in [5, 5.41) is 14.5. The van der Waals surface area contributed by atoms with Crippen molar-refractivity contribution < 1.29 is 28.8 Å². The molecule has 32 heavy (non-hydrogen) atoms. The van der Waals surface area contributed by atoms with Crippen molar-refractivity contribution in [1.82, 2.24) is 5.32 Å². The molecule has 0 saturated heterocycles. The number of hydrogen-bond donors (Lipinski definition) is 1. The molecule has 0 radical (unpaired) electrons. The van der Waals surface area contributed by atoms with Crippen LogP contribution in [0.2, 0.25) is 0 Å². The standard InChI is InChI=1S/C23H22N2O7/c1-3-31-21(27)23(22(28)32-4-2)14-17(20(26)15-10-6-5-7-11-15)19(24-23)16-12-8-9-13-18(16)25(29)30/h5-14,19,24H,3-4H2,1-2H3/t19-/m1/s1. The summed E-state index contributed by atoms with van der Waals surface area (Å²) in [5.74, 6) is -2.41. The number of para-hydroxylation sites is 1. The van der Waals surface area contributed by atoms with Crippen molar-refractivity contribution >= 4 is 23.4 Å². The van der Waals surface area contributed by atoms with Crippen LogP contribution in [-0.2, 0) is 19.1 Å². The second kappa shape index (κ2) is 9.52. The summed E-state index contributed by atoms with van der Waals surface area (Å²) in [6, 6.07) is 12.9. The number of rotatable bonds is 8. The molecular weight excluding hydrogens is 416 g/mol. The first kappa shape index (κ1) is 22.8. The second-order valence-corrected chi connectivity index (χ2v) is 6.94. The number of nitrogens with one attached hydrogen (secondary N) is 1. The molecule has 0 unspecified atom stereocenters. The molecule has 0 spiro atoms. The Bertz CT molecular complexity index is 1060. The average Bonchev–Trinajstić information content (AvgIpc) is 3.21.